The Bertz CT molecular complexity index is 1290. The highest BCUT2D eigenvalue weighted by Crippen LogP contribution is 2.52. The summed E-state index contributed by atoms with van der Waals surface area (Å²) in [6.45, 7) is 5.26. The largest absolute Gasteiger partial charge is 0.497 e. The molecule has 1 heterocycles. The molecule has 1 aliphatic heterocycles. The zero-order valence-corrected chi connectivity index (χ0v) is 20.3. The van der Waals surface area contributed by atoms with Crippen LogP contribution >= 0.6 is 0 Å². The number of para-hydroxylation sites is 1. The predicted molar refractivity (Wildman–Crippen MR) is 133 cm³/mol. The Balaban J connectivity index is 1.96. The summed E-state index contributed by atoms with van der Waals surface area (Å²) in [5, 5.41) is 10.5. The molecular weight excluding hydrogens is 440 g/mol. The zero-order valence-electron chi connectivity index (χ0n) is 20.3. The molecule has 6 heteroatoms. The van der Waals surface area contributed by atoms with E-state index < -0.39 is 28.9 Å². The van der Waals surface area contributed by atoms with Crippen LogP contribution in [0.5, 0.6) is 5.75 Å². The second-order valence-electron chi connectivity index (χ2n) is 9.61. The average molecular weight is 469 g/mol. The molecule has 0 spiro atoms. The zero-order chi connectivity index (χ0) is 25.2. The van der Waals surface area contributed by atoms with Gasteiger partial charge in [0.15, 0.2) is 0 Å². The van der Waals surface area contributed by atoms with Gasteiger partial charge in [-0.05, 0) is 62.1 Å². The van der Waals surface area contributed by atoms with E-state index in [1.54, 1.807) is 58.2 Å². The number of nitriles is 1. The fraction of sp³-hybridized carbons (Fsp3) is 0.276. The number of rotatable bonds is 5. The van der Waals surface area contributed by atoms with E-state index >= 15 is 0 Å². The smallest absolute Gasteiger partial charge is 0.421 e. The molecule has 0 saturated heterocycles. The number of anilines is 1. The molecule has 0 unspecified atom stereocenters. The van der Waals surface area contributed by atoms with Gasteiger partial charge in [-0.25, -0.2) is 9.69 Å². The summed E-state index contributed by atoms with van der Waals surface area (Å²) in [6, 6.07) is 26.3. The lowest BCUT2D eigenvalue weighted by Gasteiger charge is -2.33. The molecule has 3 aromatic rings. The highest BCUT2D eigenvalue weighted by atomic mass is 16.6. The van der Waals surface area contributed by atoms with Crippen molar-refractivity contribution in [2.75, 3.05) is 12.0 Å². The van der Waals surface area contributed by atoms with Crippen molar-refractivity contribution in [3.05, 3.63) is 95.6 Å². The number of carbonyl (C=O) groups is 2. The number of methoxy groups -OCH3 is 1. The second kappa shape index (κ2) is 9.27. The van der Waals surface area contributed by atoms with E-state index in [1.165, 1.54) is 0 Å². The van der Waals surface area contributed by atoms with Gasteiger partial charge in [-0.1, -0.05) is 60.7 Å². The minimum atomic E-state index is -1.35. The Kier molecular flexibility index (Phi) is 6.36. The van der Waals surface area contributed by atoms with Crippen molar-refractivity contribution >= 4 is 17.7 Å². The van der Waals surface area contributed by atoms with Gasteiger partial charge in [0.25, 0.3) is 0 Å². The van der Waals surface area contributed by atoms with Crippen LogP contribution < -0.4 is 9.64 Å². The fourth-order valence-electron chi connectivity index (χ4n) is 4.72. The molecule has 0 saturated carbocycles. The molecule has 0 aliphatic carbocycles. The van der Waals surface area contributed by atoms with E-state index in [0.717, 1.165) is 10.5 Å². The van der Waals surface area contributed by atoms with E-state index in [-0.39, 0.29) is 6.42 Å². The molecule has 0 fully saturated rings. The molecule has 178 valence electrons. The number of amides is 2. The maximum Gasteiger partial charge on any atom is 0.421 e. The molecule has 2 amide bonds. The number of hydrogen-bond donors (Lipinski definition) is 0. The van der Waals surface area contributed by atoms with Crippen molar-refractivity contribution in [3.8, 4) is 11.8 Å². The van der Waals surface area contributed by atoms with E-state index in [1.807, 2.05) is 48.5 Å². The first kappa shape index (κ1) is 24.0. The first-order valence-electron chi connectivity index (χ1n) is 11.5. The number of imide groups is 1. The Morgan fingerprint density at radius 1 is 1.03 bits per heavy atom. The summed E-state index contributed by atoms with van der Waals surface area (Å²) < 4.78 is 11.0. The minimum Gasteiger partial charge on any atom is -0.497 e. The van der Waals surface area contributed by atoms with Crippen LogP contribution in [0.25, 0.3) is 0 Å². The van der Waals surface area contributed by atoms with Crippen LogP contribution in [0.3, 0.4) is 0 Å². The molecular formula is C29H28N2O4. The van der Waals surface area contributed by atoms with Crippen LogP contribution in [-0.2, 0) is 21.4 Å². The Hall–Kier alpha value is -4.11. The number of hydrogen-bond acceptors (Lipinski definition) is 5. The first-order chi connectivity index (χ1) is 16.7. The number of benzene rings is 3. The van der Waals surface area contributed by atoms with Gasteiger partial charge in [-0.3, -0.25) is 4.79 Å². The van der Waals surface area contributed by atoms with Crippen LogP contribution in [0.1, 0.15) is 43.4 Å². The summed E-state index contributed by atoms with van der Waals surface area (Å²) >= 11 is 0. The minimum absolute atomic E-state index is 0.235. The van der Waals surface area contributed by atoms with Gasteiger partial charge in [0.2, 0.25) is 5.91 Å². The Morgan fingerprint density at radius 3 is 2.37 bits per heavy atom. The number of ether oxygens (including phenoxy) is 2. The van der Waals surface area contributed by atoms with E-state index in [4.69, 9.17) is 9.47 Å². The lowest BCUT2D eigenvalue weighted by molar-refractivity contribution is -0.123. The summed E-state index contributed by atoms with van der Waals surface area (Å²) in [5.74, 6) is -0.787. The van der Waals surface area contributed by atoms with Crippen LogP contribution in [0.15, 0.2) is 78.9 Å². The Labute approximate surface area is 205 Å². The number of carbonyl (C=O) groups excluding carboxylic acids is 2. The molecule has 2 atom stereocenters. The topological polar surface area (TPSA) is 79.6 Å². The lowest BCUT2D eigenvalue weighted by atomic mass is 9.65. The van der Waals surface area contributed by atoms with Crippen molar-refractivity contribution in [2.24, 2.45) is 0 Å². The fourth-order valence-corrected chi connectivity index (χ4v) is 4.72. The van der Waals surface area contributed by atoms with Crippen molar-refractivity contribution in [1.82, 2.24) is 0 Å². The number of fused-ring (bicyclic) bond motifs is 1. The van der Waals surface area contributed by atoms with Crippen molar-refractivity contribution < 1.29 is 19.1 Å². The highest BCUT2D eigenvalue weighted by molar-refractivity contribution is 6.21. The van der Waals surface area contributed by atoms with Gasteiger partial charge < -0.3 is 9.47 Å². The van der Waals surface area contributed by atoms with Gasteiger partial charge in [0, 0.05) is 0 Å². The summed E-state index contributed by atoms with van der Waals surface area (Å²) in [5.41, 5.74) is 0.427. The monoisotopic (exact) mass is 468 g/mol. The van der Waals surface area contributed by atoms with Crippen LogP contribution in [0, 0.1) is 11.3 Å². The summed E-state index contributed by atoms with van der Waals surface area (Å²) in [4.78, 5) is 28.8. The van der Waals surface area contributed by atoms with Crippen molar-refractivity contribution in [2.45, 2.75) is 44.1 Å². The molecule has 6 nitrogen and oxygen atoms in total. The van der Waals surface area contributed by atoms with Crippen LogP contribution in [0.4, 0.5) is 10.5 Å². The normalized spacial score (nSPS) is 17.9. The van der Waals surface area contributed by atoms with Gasteiger partial charge >= 0.3 is 6.09 Å². The maximum absolute atomic E-state index is 14.4. The Morgan fingerprint density at radius 2 is 1.71 bits per heavy atom. The molecule has 35 heavy (non-hydrogen) atoms. The predicted octanol–water partition coefficient (Wildman–Crippen LogP) is 5.76. The van der Waals surface area contributed by atoms with Gasteiger partial charge in [-0.15, -0.1) is 0 Å². The van der Waals surface area contributed by atoms with Gasteiger partial charge in [0.05, 0.1) is 24.8 Å². The number of nitrogens with zero attached hydrogens (tertiary/aromatic N) is 2. The summed E-state index contributed by atoms with van der Waals surface area (Å²) in [7, 11) is 1.56. The van der Waals surface area contributed by atoms with Crippen molar-refractivity contribution in [1.29, 1.82) is 5.26 Å². The van der Waals surface area contributed by atoms with E-state index in [2.05, 4.69) is 6.07 Å². The van der Waals surface area contributed by atoms with Gasteiger partial charge in [-0.2, -0.15) is 5.26 Å². The van der Waals surface area contributed by atoms with Crippen molar-refractivity contribution in [3.63, 3.8) is 0 Å². The SMILES string of the molecule is COc1cccc([C@H](C#N)[C@]2(Cc3ccccc3)C(=O)N(C(=O)OC(C)(C)C)c3ccccc32)c1. The third-order valence-electron chi connectivity index (χ3n) is 6.16. The molecule has 0 aromatic heterocycles. The molecule has 0 radical (unpaired) electrons. The molecule has 3 aromatic carbocycles. The molecule has 0 bridgehead atoms. The molecule has 0 N–H and O–H groups in total. The van der Waals surface area contributed by atoms with Crippen LogP contribution in [0.2, 0.25) is 0 Å². The maximum atomic E-state index is 14.4. The highest BCUT2D eigenvalue weighted by Gasteiger charge is 2.58. The van der Waals surface area contributed by atoms with E-state index in [9.17, 15) is 14.9 Å². The average Bonchev–Trinajstić information content (AvgIpc) is 3.08. The van der Waals surface area contributed by atoms with E-state index in [0.29, 0.717) is 22.6 Å². The van der Waals surface area contributed by atoms with Gasteiger partial charge in [0.1, 0.15) is 16.8 Å². The third-order valence-corrected chi connectivity index (χ3v) is 6.16. The quantitative estimate of drug-likeness (QED) is 0.475. The third kappa shape index (κ3) is 4.38. The first-order valence-corrected chi connectivity index (χ1v) is 11.5. The lowest BCUT2D eigenvalue weighted by Crippen LogP contribution is -2.49. The second-order valence-corrected chi connectivity index (χ2v) is 9.61. The molecule has 1 aliphatic rings. The van der Waals surface area contributed by atoms with Crippen LogP contribution in [-0.4, -0.2) is 24.7 Å². The molecule has 4 rings (SSSR count). The summed E-state index contributed by atoms with van der Waals surface area (Å²) in [6.07, 6.45) is -0.523. The standard InChI is InChI=1S/C29H28N2O4/c1-28(2,3)35-27(33)31-25-16-9-8-15-23(25)29(26(31)32,18-20-11-6-5-7-12-20)24(19-30)21-13-10-14-22(17-21)34-4/h5-17,24H,18H2,1-4H3/t24-,29+/m0/s1.